The first-order valence-corrected chi connectivity index (χ1v) is 5.13. The molecule has 1 N–H and O–H groups in total. The van der Waals surface area contributed by atoms with Gasteiger partial charge in [-0.2, -0.15) is 0 Å². The van der Waals surface area contributed by atoms with E-state index in [-0.39, 0.29) is 5.91 Å². The maximum absolute atomic E-state index is 11.1. The topological polar surface area (TPSA) is 32.3 Å². The van der Waals surface area contributed by atoms with Gasteiger partial charge in [-0.25, -0.2) is 0 Å². The molecule has 0 saturated heterocycles. The fraction of sp³-hybridized carbons (Fsp3) is 0.417. The number of carbonyl (C=O) groups excluding carboxylic acids is 1. The highest BCUT2D eigenvalue weighted by Gasteiger charge is 2.04. The van der Waals surface area contributed by atoms with Gasteiger partial charge >= 0.3 is 0 Å². The average Bonchev–Trinajstić information content (AvgIpc) is 2.26. The number of nitrogens with zero attached hydrogens (tertiary/aromatic N) is 1. The first-order valence-electron chi connectivity index (χ1n) is 5.13. The van der Waals surface area contributed by atoms with Crippen molar-refractivity contribution in [1.82, 2.24) is 5.32 Å². The summed E-state index contributed by atoms with van der Waals surface area (Å²) in [6.45, 7) is 2.54. The van der Waals surface area contributed by atoms with Crippen LogP contribution in [0.3, 0.4) is 0 Å². The monoisotopic (exact) mass is 206 g/mol. The first kappa shape index (κ1) is 11.7. The average molecular weight is 206 g/mol. The van der Waals surface area contributed by atoms with Crippen molar-refractivity contribution in [3.8, 4) is 0 Å². The van der Waals surface area contributed by atoms with Crippen LogP contribution in [0.25, 0.3) is 0 Å². The molecule has 0 unspecified atom stereocenters. The normalized spacial score (nSPS) is 10.1. The van der Waals surface area contributed by atoms with Crippen molar-refractivity contribution in [2.24, 2.45) is 0 Å². The Morgan fingerprint density at radius 3 is 2.40 bits per heavy atom. The van der Waals surface area contributed by atoms with Crippen molar-refractivity contribution in [2.75, 3.05) is 25.5 Å². The molecular weight excluding hydrogens is 188 g/mol. The molecule has 1 amide bonds. The summed E-state index contributed by atoms with van der Waals surface area (Å²) in [6, 6.07) is 8.08. The molecule has 82 valence electrons. The molecule has 1 rings (SSSR count). The van der Waals surface area contributed by atoms with E-state index in [9.17, 15) is 4.79 Å². The molecule has 15 heavy (non-hydrogen) atoms. The van der Waals surface area contributed by atoms with Gasteiger partial charge in [-0.1, -0.05) is 12.1 Å². The van der Waals surface area contributed by atoms with Crippen molar-refractivity contribution < 1.29 is 4.79 Å². The summed E-state index contributed by atoms with van der Waals surface area (Å²) in [5.74, 6) is 0.0537. The summed E-state index contributed by atoms with van der Waals surface area (Å²) in [6.07, 6.45) is 1.01. The van der Waals surface area contributed by atoms with Gasteiger partial charge in [0.1, 0.15) is 0 Å². The second-order valence-electron chi connectivity index (χ2n) is 3.60. The van der Waals surface area contributed by atoms with Crippen LogP contribution in [0.2, 0.25) is 0 Å². The van der Waals surface area contributed by atoms with Crippen LogP contribution in [-0.2, 0) is 11.2 Å². The number of anilines is 1. The zero-order chi connectivity index (χ0) is 11.3. The van der Waals surface area contributed by atoms with Gasteiger partial charge in [-0.05, 0) is 37.7 Å². The Balaban J connectivity index is 2.67. The Hall–Kier alpha value is -1.35. The van der Waals surface area contributed by atoms with Gasteiger partial charge in [0.15, 0.2) is 0 Å². The highest BCUT2D eigenvalue weighted by Crippen LogP contribution is 2.13. The predicted octanol–water partition coefficient (Wildman–Crippen LogP) is 1.43. The Morgan fingerprint density at radius 2 is 1.93 bits per heavy atom. The van der Waals surface area contributed by atoms with E-state index < -0.39 is 0 Å². The predicted molar refractivity (Wildman–Crippen MR) is 63.2 cm³/mol. The molecule has 3 heteroatoms. The van der Waals surface area contributed by atoms with Crippen LogP contribution in [0.15, 0.2) is 24.3 Å². The Morgan fingerprint density at radius 1 is 1.33 bits per heavy atom. The summed E-state index contributed by atoms with van der Waals surface area (Å²) in [5, 5.41) is 3.11. The van der Waals surface area contributed by atoms with E-state index in [0.717, 1.165) is 18.7 Å². The van der Waals surface area contributed by atoms with Gasteiger partial charge in [0.2, 0.25) is 5.91 Å². The van der Waals surface area contributed by atoms with Crippen molar-refractivity contribution in [1.29, 1.82) is 0 Å². The van der Waals surface area contributed by atoms with E-state index in [1.165, 1.54) is 5.56 Å². The zero-order valence-corrected chi connectivity index (χ0v) is 9.58. The van der Waals surface area contributed by atoms with Gasteiger partial charge in [-0.15, -0.1) is 0 Å². The molecule has 0 spiro atoms. The highest BCUT2D eigenvalue weighted by atomic mass is 16.2. The molecule has 0 bridgehead atoms. The highest BCUT2D eigenvalue weighted by molar-refractivity contribution is 5.90. The second kappa shape index (κ2) is 5.51. The van der Waals surface area contributed by atoms with Crippen LogP contribution >= 0.6 is 0 Å². The first-order chi connectivity index (χ1) is 7.15. The maximum atomic E-state index is 11.1. The molecule has 1 aromatic carbocycles. The molecule has 0 saturated carbocycles. The number of rotatable bonds is 4. The summed E-state index contributed by atoms with van der Waals surface area (Å²) in [5.41, 5.74) is 2.22. The van der Waals surface area contributed by atoms with E-state index in [4.69, 9.17) is 0 Å². The number of amides is 1. The summed E-state index contributed by atoms with van der Waals surface area (Å²) < 4.78 is 0. The third-order valence-electron chi connectivity index (χ3n) is 2.46. The van der Waals surface area contributed by atoms with Crippen molar-refractivity contribution in [2.45, 2.75) is 13.3 Å². The van der Waals surface area contributed by atoms with E-state index in [0.29, 0.717) is 0 Å². The third kappa shape index (κ3) is 3.36. The lowest BCUT2D eigenvalue weighted by Crippen LogP contribution is -2.22. The van der Waals surface area contributed by atoms with Crippen LogP contribution in [-0.4, -0.2) is 26.5 Å². The fourth-order valence-corrected chi connectivity index (χ4v) is 1.34. The van der Waals surface area contributed by atoms with Crippen LogP contribution in [0.1, 0.15) is 12.5 Å². The Kier molecular flexibility index (Phi) is 4.31. The van der Waals surface area contributed by atoms with Gasteiger partial charge in [0.05, 0.1) is 0 Å². The minimum atomic E-state index is 0.0537. The Bertz CT molecular complexity index is 319. The number of likely N-dealkylation sites (N-methyl/N-ethyl adjacent to an activating group) is 1. The van der Waals surface area contributed by atoms with Gasteiger partial charge in [-0.3, -0.25) is 4.79 Å². The lowest BCUT2D eigenvalue weighted by molar-refractivity contribution is -0.116. The van der Waals surface area contributed by atoms with Crippen LogP contribution in [0.4, 0.5) is 5.69 Å². The number of carbonyl (C=O) groups is 1. The van der Waals surface area contributed by atoms with Crippen LogP contribution in [0, 0.1) is 0 Å². The smallest absolute Gasteiger partial charge is 0.223 e. The molecule has 0 radical (unpaired) electrons. The van der Waals surface area contributed by atoms with Gasteiger partial charge < -0.3 is 10.2 Å². The van der Waals surface area contributed by atoms with E-state index in [1.54, 1.807) is 18.9 Å². The summed E-state index contributed by atoms with van der Waals surface area (Å²) >= 11 is 0. The molecule has 0 aliphatic heterocycles. The largest absolute Gasteiger partial charge is 0.319 e. The molecule has 0 heterocycles. The van der Waals surface area contributed by atoms with Crippen LogP contribution in [0.5, 0.6) is 0 Å². The fourth-order valence-electron chi connectivity index (χ4n) is 1.34. The summed E-state index contributed by atoms with van der Waals surface area (Å²) in [7, 11) is 3.73. The minimum absolute atomic E-state index is 0.0537. The molecule has 3 nitrogen and oxygen atoms in total. The Labute approximate surface area is 91.1 Å². The molecule has 0 atom stereocenters. The maximum Gasteiger partial charge on any atom is 0.223 e. The molecule has 0 aromatic heterocycles. The van der Waals surface area contributed by atoms with Crippen molar-refractivity contribution in [3.05, 3.63) is 29.8 Å². The van der Waals surface area contributed by atoms with Gasteiger partial charge in [0.25, 0.3) is 0 Å². The minimum Gasteiger partial charge on any atom is -0.319 e. The zero-order valence-electron chi connectivity index (χ0n) is 9.58. The van der Waals surface area contributed by atoms with E-state index in [2.05, 4.69) is 17.4 Å². The molecule has 0 fully saturated rings. The van der Waals surface area contributed by atoms with E-state index in [1.807, 2.05) is 19.2 Å². The lowest BCUT2D eigenvalue weighted by Gasteiger charge is -2.15. The molecule has 0 aliphatic rings. The van der Waals surface area contributed by atoms with Crippen LogP contribution < -0.4 is 10.2 Å². The van der Waals surface area contributed by atoms with E-state index >= 15 is 0 Å². The summed E-state index contributed by atoms with van der Waals surface area (Å²) in [4.78, 5) is 12.8. The molecule has 1 aromatic rings. The standard InChI is InChI=1S/C12H18N2O/c1-10(15)14(3)12-6-4-11(5-7-12)8-9-13-2/h4-7,13H,8-9H2,1-3H3. The third-order valence-corrected chi connectivity index (χ3v) is 2.46. The number of hydrogen-bond acceptors (Lipinski definition) is 2. The quantitative estimate of drug-likeness (QED) is 0.808. The van der Waals surface area contributed by atoms with Crippen molar-refractivity contribution >= 4 is 11.6 Å². The SMILES string of the molecule is CNCCc1ccc(N(C)C(C)=O)cc1. The van der Waals surface area contributed by atoms with Gasteiger partial charge in [0, 0.05) is 19.7 Å². The molecule has 0 aliphatic carbocycles. The molecular formula is C12H18N2O. The number of nitrogens with one attached hydrogen (secondary N) is 1. The number of hydrogen-bond donors (Lipinski definition) is 1. The lowest BCUT2D eigenvalue weighted by atomic mass is 10.1. The van der Waals surface area contributed by atoms with Crippen molar-refractivity contribution in [3.63, 3.8) is 0 Å². The number of benzene rings is 1. The second-order valence-corrected chi connectivity index (χ2v) is 3.60.